The zero-order valence-electron chi connectivity index (χ0n) is 10.8. The van der Waals surface area contributed by atoms with E-state index < -0.39 is 11.9 Å². The van der Waals surface area contributed by atoms with Crippen molar-refractivity contribution in [2.45, 2.75) is 6.10 Å². The normalized spacial score (nSPS) is 21.1. The lowest BCUT2D eigenvalue weighted by Gasteiger charge is -2.14. The minimum Gasteiger partial charge on any atom is -0.484 e. The van der Waals surface area contributed by atoms with Gasteiger partial charge >= 0.3 is 0 Å². The van der Waals surface area contributed by atoms with E-state index in [4.69, 9.17) is 4.74 Å². The van der Waals surface area contributed by atoms with E-state index in [0.29, 0.717) is 25.4 Å². The van der Waals surface area contributed by atoms with Crippen molar-refractivity contribution in [3.05, 3.63) is 30.1 Å². The zero-order chi connectivity index (χ0) is 13.7. The van der Waals surface area contributed by atoms with Gasteiger partial charge in [0.2, 0.25) is 0 Å². The Morgan fingerprint density at radius 2 is 2.30 bits per heavy atom. The van der Waals surface area contributed by atoms with E-state index >= 15 is 0 Å². The first-order valence-corrected chi connectivity index (χ1v) is 6.19. The Bertz CT molecular complexity index is 447. The molecule has 1 saturated heterocycles. The maximum Gasteiger partial charge on any atom is 0.257 e. The number of carbonyl (C=O) groups excluding carboxylic acids is 1. The van der Waals surface area contributed by atoms with Crippen LogP contribution in [0, 0.1) is 11.7 Å². The van der Waals surface area contributed by atoms with Crippen LogP contribution in [0.25, 0.3) is 0 Å². The van der Waals surface area contributed by atoms with Crippen LogP contribution in [-0.4, -0.2) is 43.4 Å². The van der Waals surface area contributed by atoms with Gasteiger partial charge in [0.25, 0.3) is 5.91 Å². The highest BCUT2D eigenvalue weighted by Gasteiger charge is 2.24. The zero-order valence-corrected chi connectivity index (χ0v) is 11.7. The largest absolute Gasteiger partial charge is 0.484 e. The molecule has 0 aromatic heterocycles. The number of amides is 1. The van der Waals surface area contributed by atoms with E-state index in [-0.39, 0.29) is 30.8 Å². The average Bonchev–Trinajstić information content (AvgIpc) is 2.80. The van der Waals surface area contributed by atoms with E-state index in [1.807, 2.05) is 0 Å². The Morgan fingerprint density at radius 1 is 1.50 bits per heavy atom. The van der Waals surface area contributed by atoms with Gasteiger partial charge in [-0.3, -0.25) is 4.79 Å². The van der Waals surface area contributed by atoms with Crippen LogP contribution in [0.15, 0.2) is 24.3 Å². The summed E-state index contributed by atoms with van der Waals surface area (Å²) in [5.41, 5.74) is 0. The molecule has 0 saturated carbocycles. The second kappa shape index (κ2) is 8.04. The topological polar surface area (TPSA) is 70.6 Å². The van der Waals surface area contributed by atoms with Crippen molar-refractivity contribution < 1.29 is 19.0 Å². The van der Waals surface area contributed by atoms with Crippen LogP contribution >= 0.6 is 12.4 Å². The molecule has 5 nitrogen and oxygen atoms in total. The molecule has 1 heterocycles. The number of hydrogen-bond acceptors (Lipinski definition) is 4. The molecule has 1 fully saturated rings. The third-order valence-electron chi connectivity index (χ3n) is 3.03. The molecule has 20 heavy (non-hydrogen) atoms. The fourth-order valence-corrected chi connectivity index (χ4v) is 1.93. The number of halogens is 2. The summed E-state index contributed by atoms with van der Waals surface area (Å²) in [4.78, 5) is 11.5. The molecule has 0 radical (unpaired) electrons. The number of benzene rings is 1. The molecule has 2 rings (SSSR count). The standard InChI is InChI=1S/C13H17FN2O3.ClH/c14-10-2-1-3-11(4-10)19-8-13(18)16-6-9-5-15-7-12(9)17;/h1-4,9,12,15,17H,5-8H2,(H,16,18);1H. The summed E-state index contributed by atoms with van der Waals surface area (Å²) >= 11 is 0. The van der Waals surface area contributed by atoms with Gasteiger partial charge in [-0.05, 0) is 12.1 Å². The van der Waals surface area contributed by atoms with E-state index in [1.54, 1.807) is 6.07 Å². The highest BCUT2D eigenvalue weighted by Crippen LogP contribution is 2.11. The van der Waals surface area contributed by atoms with Gasteiger partial charge in [0.05, 0.1) is 6.10 Å². The number of carbonyl (C=O) groups is 1. The highest BCUT2D eigenvalue weighted by molar-refractivity contribution is 5.85. The number of aliphatic hydroxyl groups excluding tert-OH is 1. The SMILES string of the molecule is Cl.O=C(COc1cccc(F)c1)NCC1CNCC1O. The summed E-state index contributed by atoms with van der Waals surface area (Å²) in [5, 5.41) is 15.3. The fraction of sp³-hybridized carbons (Fsp3) is 0.462. The molecule has 0 bridgehead atoms. The molecule has 112 valence electrons. The summed E-state index contributed by atoms with van der Waals surface area (Å²) in [6.45, 7) is 1.48. The van der Waals surface area contributed by atoms with E-state index in [2.05, 4.69) is 10.6 Å². The van der Waals surface area contributed by atoms with Gasteiger partial charge in [-0.1, -0.05) is 6.07 Å². The molecule has 1 aliphatic heterocycles. The molecule has 7 heteroatoms. The number of ether oxygens (including phenoxy) is 1. The summed E-state index contributed by atoms with van der Waals surface area (Å²) in [5.74, 6) is -0.350. The van der Waals surface area contributed by atoms with Gasteiger partial charge in [0.1, 0.15) is 11.6 Å². The number of β-amino-alcohol motifs (C(OH)–C–C–N with tert-alkyl or cyclic N) is 1. The first kappa shape index (κ1) is 16.7. The third-order valence-corrected chi connectivity index (χ3v) is 3.03. The summed E-state index contributed by atoms with van der Waals surface area (Å²) in [6, 6.07) is 5.63. The number of aliphatic hydroxyl groups is 1. The first-order valence-electron chi connectivity index (χ1n) is 6.19. The van der Waals surface area contributed by atoms with Crippen molar-refractivity contribution >= 4 is 18.3 Å². The molecule has 1 amide bonds. The minimum absolute atomic E-state index is 0. The Labute approximate surface area is 122 Å². The maximum absolute atomic E-state index is 12.9. The lowest BCUT2D eigenvalue weighted by Crippen LogP contribution is -2.36. The summed E-state index contributed by atoms with van der Waals surface area (Å²) in [6.07, 6.45) is -0.426. The van der Waals surface area contributed by atoms with Crippen LogP contribution in [-0.2, 0) is 4.79 Å². The van der Waals surface area contributed by atoms with Crippen molar-refractivity contribution in [1.29, 1.82) is 0 Å². The Balaban J connectivity index is 0.00000200. The van der Waals surface area contributed by atoms with Crippen molar-refractivity contribution in [3.8, 4) is 5.75 Å². The molecule has 1 aromatic carbocycles. The third kappa shape index (κ3) is 4.96. The van der Waals surface area contributed by atoms with Crippen LogP contribution in [0.2, 0.25) is 0 Å². The van der Waals surface area contributed by atoms with E-state index in [9.17, 15) is 14.3 Å². The van der Waals surface area contributed by atoms with Crippen LogP contribution in [0.4, 0.5) is 4.39 Å². The quantitative estimate of drug-likeness (QED) is 0.733. The fourth-order valence-electron chi connectivity index (χ4n) is 1.93. The number of nitrogens with one attached hydrogen (secondary N) is 2. The van der Waals surface area contributed by atoms with Gasteiger partial charge in [0.15, 0.2) is 6.61 Å². The smallest absolute Gasteiger partial charge is 0.257 e. The first-order chi connectivity index (χ1) is 9.15. The average molecular weight is 305 g/mol. The lowest BCUT2D eigenvalue weighted by molar-refractivity contribution is -0.123. The Morgan fingerprint density at radius 3 is 2.95 bits per heavy atom. The molecule has 0 spiro atoms. The Kier molecular flexibility index (Phi) is 6.70. The molecular weight excluding hydrogens is 287 g/mol. The number of rotatable bonds is 5. The van der Waals surface area contributed by atoms with Gasteiger partial charge in [-0.25, -0.2) is 4.39 Å². The highest BCUT2D eigenvalue weighted by atomic mass is 35.5. The number of hydrogen-bond donors (Lipinski definition) is 3. The van der Waals surface area contributed by atoms with Gasteiger partial charge in [0, 0.05) is 31.6 Å². The molecular formula is C13H18ClFN2O3. The predicted octanol–water partition coefficient (Wildman–Crippen LogP) is 0.323. The Hall–Kier alpha value is -1.37. The molecule has 3 N–H and O–H groups in total. The molecule has 2 atom stereocenters. The monoisotopic (exact) mass is 304 g/mol. The van der Waals surface area contributed by atoms with Crippen molar-refractivity contribution in [2.75, 3.05) is 26.2 Å². The molecule has 1 aliphatic rings. The van der Waals surface area contributed by atoms with E-state index in [1.165, 1.54) is 18.2 Å². The molecule has 1 aromatic rings. The lowest BCUT2D eigenvalue weighted by atomic mass is 10.1. The predicted molar refractivity (Wildman–Crippen MR) is 74.5 cm³/mol. The van der Waals surface area contributed by atoms with Crippen molar-refractivity contribution in [3.63, 3.8) is 0 Å². The second-order valence-electron chi connectivity index (χ2n) is 4.54. The van der Waals surface area contributed by atoms with Gasteiger partial charge < -0.3 is 20.5 Å². The van der Waals surface area contributed by atoms with Crippen molar-refractivity contribution in [1.82, 2.24) is 10.6 Å². The molecule has 0 aliphatic carbocycles. The summed E-state index contributed by atoms with van der Waals surface area (Å²) < 4.78 is 18.0. The van der Waals surface area contributed by atoms with E-state index in [0.717, 1.165) is 0 Å². The van der Waals surface area contributed by atoms with Crippen LogP contribution in [0.5, 0.6) is 5.75 Å². The maximum atomic E-state index is 12.9. The summed E-state index contributed by atoms with van der Waals surface area (Å²) in [7, 11) is 0. The van der Waals surface area contributed by atoms with Gasteiger partial charge in [-0.15, -0.1) is 12.4 Å². The second-order valence-corrected chi connectivity index (χ2v) is 4.54. The van der Waals surface area contributed by atoms with Crippen molar-refractivity contribution in [2.24, 2.45) is 5.92 Å². The van der Waals surface area contributed by atoms with Crippen LogP contribution in [0.1, 0.15) is 0 Å². The van der Waals surface area contributed by atoms with Crippen LogP contribution < -0.4 is 15.4 Å². The molecule has 2 unspecified atom stereocenters. The van der Waals surface area contributed by atoms with Gasteiger partial charge in [-0.2, -0.15) is 0 Å². The van der Waals surface area contributed by atoms with Crippen LogP contribution in [0.3, 0.4) is 0 Å². The minimum atomic E-state index is -0.426.